The maximum absolute atomic E-state index is 12.9. The molecular weight excluding hydrogens is 430 g/mol. The number of fused-ring (bicyclic) bond motifs is 1. The zero-order valence-electron chi connectivity index (χ0n) is 17.7. The van der Waals surface area contributed by atoms with Crippen LogP contribution in [0.2, 0.25) is 0 Å². The van der Waals surface area contributed by atoms with Gasteiger partial charge in [-0.3, -0.25) is 19.3 Å². The van der Waals surface area contributed by atoms with Gasteiger partial charge in [-0.15, -0.1) is 6.58 Å². The maximum Gasteiger partial charge on any atom is 0.279 e. The lowest BCUT2D eigenvalue weighted by atomic mass is 10.2. The lowest BCUT2D eigenvalue weighted by Gasteiger charge is -2.13. The molecule has 1 aliphatic heterocycles. The Balaban J connectivity index is 1.72. The molecule has 1 aromatic heterocycles. The number of rotatable bonds is 6. The van der Waals surface area contributed by atoms with Crippen LogP contribution in [-0.4, -0.2) is 36.5 Å². The molecule has 9 heteroatoms. The molecule has 0 aliphatic carbocycles. The smallest absolute Gasteiger partial charge is 0.279 e. The van der Waals surface area contributed by atoms with E-state index in [0.717, 1.165) is 15.1 Å². The van der Waals surface area contributed by atoms with E-state index in [1.807, 2.05) is 16.7 Å². The zero-order chi connectivity index (χ0) is 22.8. The van der Waals surface area contributed by atoms with Gasteiger partial charge in [0.15, 0.2) is 16.3 Å². The van der Waals surface area contributed by atoms with Gasteiger partial charge in [-0.25, -0.2) is 0 Å². The van der Waals surface area contributed by atoms with Gasteiger partial charge in [-0.1, -0.05) is 17.4 Å². The SMILES string of the molecule is C=CCn1c(=NC(=O)c2ccc(N3C(=O)CCC3=O)cc2)sc2cc(OC)c(OC)cc21. The molecule has 3 aromatic rings. The van der Waals surface area contributed by atoms with Crippen molar-refractivity contribution in [3.63, 3.8) is 0 Å². The average Bonchev–Trinajstić information content (AvgIpc) is 3.31. The van der Waals surface area contributed by atoms with Gasteiger partial charge in [0.1, 0.15) is 0 Å². The lowest BCUT2D eigenvalue weighted by molar-refractivity contribution is -0.121. The molecule has 3 amide bonds. The van der Waals surface area contributed by atoms with Crippen LogP contribution >= 0.6 is 11.3 Å². The number of methoxy groups -OCH3 is 2. The van der Waals surface area contributed by atoms with Crippen LogP contribution in [0.1, 0.15) is 23.2 Å². The van der Waals surface area contributed by atoms with Gasteiger partial charge < -0.3 is 14.0 Å². The third-order valence-electron chi connectivity index (χ3n) is 5.12. The van der Waals surface area contributed by atoms with Crippen LogP contribution in [-0.2, 0) is 16.1 Å². The number of nitrogens with zero attached hydrogens (tertiary/aromatic N) is 3. The normalized spacial score (nSPS) is 14.3. The first-order valence-electron chi connectivity index (χ1n) is 9.88. The number of hydrogen-bond acceptors (Lipinski definition) is 6. The summed E-state index contributed by atoms with van der Waals surface area (Å²) in [4.78, 5) is 42.7. The Morgan fingerprint density at radius 2 is 1.72 bits per heavy atom. The Kier molecular flexibility index (Phi) is 5.91. The Bertz CT molecular complexity index is 1290. The molecule has 0 unspecified atom stereocenters. The van der Waals surface area contributed by atoms with Crippen LogP contribution in [0.15, 0.2) is 54.0 Å². The number of carbonyl (C=O) groups excluding carboxylic acids is 3. The van der Waals surface area contributed by atoms with Gasteiger partial charge in [-0.2, -0.15) is 4.99 Å². The van der Waals surface area contributed by atoms with E-state index in [2.05, 4.69) is 11.6 Å². The summed E-state index contributed by atoms with van der Waals surface area (Å²) in [6, 6.07) is 10.00. The molecule has 0 bridgehead atoms. The molecule has 4 rings (SSSR count). The molecule has 0 radical (unpaired) electrons. The van der Waals surface area contributed by atoms with E-state index >= 15 is 0 Å². The fraction of sp³-hybridized carbons (Fsp3) is 0.217. The van der Waals surface area contributed by atoms with E-state index in [9.17, 15) is 14.4 Å². The number of allylic oxidation sites excluding steroid dienone is 1. The molecule has 0 atom stereocenters. The fourth-order valence-electron chi connectivity index (χ4n) is 3.56. The van der Waals surface area contributed by atoms with Crippen molar-refractivity contribution in [2.75, 3.05) is 19.1 Å². The van der Waals surface area contributed by atoms with Gasteiger partial charge in [0.05, 0.1) is 30.1 Å². The van der Waals surface area contributed by atoms with Crippen LogP contribution in [0.3, 0.4) is 0 Å². The zero-order valence-corrected chi connectivity index (χ0v) is 18.5. The number of benzene rings is 2. The summed E-state index contributed by atoms with van der Waals surface area (Å²) >= 11 is 1.35. The quantitative estimate of drug-likeness (QED) is 0.424. The summed E-state index contributed by atoms with van der Waals surface area (Å²) in [5.41, 5.74) is 1.66. The van der Waals surface area contributed by atoms with E-state index in [1.165, 1.54) is 11.3 Å². The molecule has 1 saturated heterocycles. The summed E-state index contributed by atoms with van der Waals surface area (Å²) < 4.78 is 13.5. The summed E-state index contributed by atoms with van der Waals surface area (Å²) in [7, 11) is 3.13. The number of thiazole rings is 1. The van der Waals surface area contributed by atoms with E-state index in [1.54, 1.807) is 44.6 Å². The molecule has 2 aromatic carbocycles. The largest absolute Gasteiger partial charge is 0.493 e. The average molecular weight is 452 g/mol. The Morgan fingerprint density at radius 1 is 1.09 bits per heavy atom. The number of aromatic nitrogens is 1. The standard InChI is InChI=1S/C23H21N3O5S/c1-4-11-25-16-12-17(30-2)18(31-3)13-19(16)32-23(25)24-22(29)14-5-7-15(8-6-14)26-20(27)9-10-21(26)28/h4-8,12-13H,1,9-11H2,2-3H3. The van der Waals surface area contributed by atoms with Crippen molar-refractivity contribution in [2.24, 2.45) is 4.99 Å². The molecule has 0 N–H and O–H groups in total. The molecule has 0 spiro atoms. The van der Waals surface area contributed by atoms with Crippen molar-refractivity contribution >= 4 is 45.0 Å². The highest BCUT2D eigenvalue weighted by atomic mass is 32.1. The maximum atomic E-state index is 12.9. The van der Waals surface area contributed by atoms with Crippen LogP contribution in [0.5, 0.6) is 11.5 Å². The summed E-state index contributed by atoms with van der Waals surface area (Å²) in [6.07, 6.45) is 2.14. The van der Waals surface area contributed by atoms with Gasteiger partial charge in [0, 0.05) is 37.1 Å². The number of ether oxygens (including phenoxy) is 2. The Hall–Kier alpha value is -3.72. The van der Waals surface area contributed by atoms with Gasteiger partial charge in [-0.05, 0) is 24.3 Å². The first kappa shape index (κ1) is 21.5. The molecule has 8 nitrogen and oxygen atoms in total. The number of carbonyl (C=O) groups is 3. The lowest BCUT2D eigenvalue weighted by Crippen LogP contribution is -2.28. The van der Waals surface area contributed by atoms with Gasteiger partial charge in [0.2, 0.25) is 11.8 Å². The molecule has 1 fully saturated rings. The first-order valence-corrected chi connectivity index (χ1v) is 10.7. The highest BCUT2D eigenvalue weighted by molar-refractivity contribution is 7.16. The van der Waals surface area contributed by atoms with Crippen molar-refractivity contribution in [3.05, 3.63) is 59.4 Å². The van der Waals surface area contributed by atoms with Crippen molar-refractivity contribution < 1.29 is 23.9 Å². The molecule has 1 aliphatic rings. The van der Waals surface area contributed by atoms with E-state index in [0.29, 0.717) is 34.1 Å². The van der Waals surface area contributed by atoms with Crippen molar-refractivity contribution in [2.45, 2.75) is 19.4 Å². The monoisotopic (exact) mass is 451 g/mol. The number of amides is 3. The second-order valence-electron chi connectivity index (χ2n) is 7.05. The molecule has 32 heavy (non-hydrogen) atoms. The number of hydrogen-bond donors (Lipinski definition) is 0. The predicted molar refractivity (Wildman–Crippen MR) is 121 cm³/mol. The second kappa shape index (κ2) is 8.80. The Labute approximate surface area is 188 Å². The fourth-order valence-corrected chi connectivity index (χ4v) is 4.60. The van der Waals surface area contributed by atoms with E-state index < -0.39 is 5.91 Å². The van der Waals surface area contributed by atoms with Crippen LogP contribution < -0.4 is 19.2 Å². The van der Waals surface area contributed by atoms with Crippen LogP contribution in [0, 0.1) is 0 Å². The minimum Gasteiger partial charge on any atom is -0.493 e. The summed E-state index contributed by atoms with van der Waals surface area (Å²) in [6.45, 7) is 4.26. The topological polar surface area (TPSA) is 90.2 Å². The van der Waals surface area contributed by atoms with Crippen molar-refractivity contribution in [3.8, 4) is 11.5 Å². The number of imide groups is 1. The predicted octanol–water partition coefficient (Wildman–Crippen LogP) is 3.30. The van der Waals surface area contributed by atoms with Crippen molar-refractivity contribution in [1.29, 1.82) is 0 Å². The number of anilines is 1. The minimum atomic E-state index is -0.432. The molecular formula is C23H21N3O5S. The third kappa shape index (κ3) is 3.82. The summed E-state index contributed by atoms with van der Waals surface area (Å²) in [5.74, 6) is 0.265. The molecule has 2 heterocycles. The second-order valence-corrected chi connectivity index (χ2v) is 8.05. The summed E-state index contributed by atoms with van der Waals surface area (Å²) in [5, 5.41) is 0. The molecule has 0 saturated carbocycles. The van der Waals surface area contributed by atoms with E-state index in [4.69, 9.17) is 9.47 Å². The van der Waals surface area contributed by atoms with Crippen LogP contribution in [0.4, 0.5) is 5.69 Å². The first-order chi connectivity index (χ1) is 15.5. The van der Waals surface area contributed by atoms with E-state index in [-0.39, 0.29) is 24.7 Å². The van der Waals surface area contributed by atoms with Crippen molar-refractivity contribution in [1.82, 2.24) is 4.57 Å². The van der Waals surface area contributed by atoms with Crippen LogP contribution in [0.25, 0.3) is 10.2 Å². The van der Waals surface area contributed by atoms with Gasteiger partial charge >= 0.3 is 0 Å². The van der Waals surface area contributed by atoms with Gasteiger partial charge in [0.25, 0.3) is 5.91 Å². The third-order valence-corrected chi connectivity index (χ3v) is 6.16. The Morgan fingerprint density at radius 3 is 2.31 bits per heavy atom. The minimum absolute atomic E-state index is 0.208. The molecule has 164 valence electrons. The highest BCUT2D eigenvalue weighted by Gasteiger charge is 2.30. The highest BCUT2D eigenvalue weighted by Crippen LogP contribution is 2.33.